The van der Waals surface area contributed by atoms with Crippen LogP contribution < -0.4 is 10.2 Å². The maximum absolute atomic E-state index is 12.8. The van der Waals surface area contributed by atoms with Gasteiger partial charge in [0.15, 0.2) is 0 Å². The van der Waals surface area contributed by atoms with Crippen LogP contribution in [0.1, 0.15) is 27.6 Å². The van der Waals surface area contributed by atoms with Crippen LogP contribution in [0.5, 0.6) is 0 Å². The van der Waals surface area contributed by atoms with Gasteiger partial charge in [0.1, 0.15) is 0 Å². The lowest BCUT2D eigenvalue weighted by molar-refractivity contribution is -0.129. The highest BCUT2D eigenvalue weighted by atomic mass is 35.5. The zero-order chi connectivity index (χ0) is 21.8. The predicted octanol–water partition coefficient (Wildman–Crippen LogP) is 3.70. The molecule has 7 nitrogen and oxygen atoms in total. The Hall–Kier alpha value is -2.77. The number of nitrogens with one attached hydrogen (secondary N) is 1. The summed E-state index contributed by atoms with van der Waals surface area (Å²) in [7, 11) is 1.30. The maximum Gasteiger partial charge on any atom is 0.337 e. The van der Waals surface area contributed by atoms with Crippen LogP contribution in [0.2, 0.25) is 10.0 Å². The zero-order valence-electron chi connectivity index (χ0n) is 16.6. The summed E-state index contributed by atoms with van der Waals surface area (Å²) in [5.41, 5.74) is 1.86. The van der Waals surface area contributed by atoms with Gasteiger partial charge in [-0.15, -0.1) is 0 Å². The van der Waals surface area contributed by atoms with Crippen molar-refractivity contribution in [2.45, 2.75) is 6.92 Å². The lowest BCUT2D eigenvalue weighted by Gasteiger charge is -2.36. The largest absolute Gasteiger partial charge is 0.465 e. The number of nitrogens with zero attached hydrogens (tertiary/aromatic N) is 2. The highest BCUT2D eigenvalue weighted by molar-refractivity contribution is 6.42. The van der Waals surface area contributed by atoms with Crippen molar-refractivity contribution in [1.29, 1.82) is 0 Å². The molecule has 158 valence electrons. The van der Waals surface area contributed by atoms with Gasteiger partial charge < -0.3 is 19.9 Å². The lowest BCUT2D eigenvalue weighted by Crippen LogP contribution is -2.48. The number of esters is 1. The fraction of sp³-hybridized carbons (Fsp3) is 0.286. The molecule has 1 N–H and O–H groups in total. The van der Waals surface area contributed by atoms with Crippen molar-refractivity contribution in [2.75, 3.05) is 43.5 Å². The van der Waals surface area contributed by atoms with Gasteiger partial charge in [-0.05, 0) is 36.4 Å². The number of piperazine rings is 1. The van der Waals surface area contributed by atoms with Crippen molar-refractivity contribution in [2.24, 2.45) is 0 Å². The number of amides is 2. The number of ether oxygens (including phenoxy) is 1. The third kappa shape index (κ3) is 4.86. The van der Waals surface area contributed by atoms with Crippen molar-refractivity contribution in [3.63, 3.8) is 0 Å². The number of hydrogen-bond donors (Lipinski definition) is 1. The molecule has 0 aliphatic carbocycles. The number of benzene rings is 2. The van der Waals surface area contributed by atoms with Crippen LogP contribution in [0, 0.1) is 0 Å². The number of carbonyl (C=O) groups excluding carboxylic acids is 3. The van der Waals surface area contributed by atoms with Crippen molar-refractivity contribution in [1.82, 2.24) is 4.90 Å². The minimum Gasteiger partial charge on any atom is -0.465 e. The number of carbonyl (C=O) groups is 3. The van der Waals surface area contributed by atoms with Crippen molar-refractivity contribution >= 4 is 52.4 Å². The normalized spacial score (nSPS) is 13.7. The molecule has 2 aromatic carbocycles. The summed E-state index contributed by atoms with van der Waals surface area (Å²) in [6, 6.07) is 9.58. The summed E-state index contributed by atoms with van der Waals surface area (Å²) in [4.78, 5) is 40.2. The first-order chi connectivity index (χ1) is 14.3. The molecule has 0 aromatic heterocycles. The molecule has 1 heterocycles. The van der Waals surface area contributed by atoms with E-state index in [1.165, 1.54) is 13.2 Å². The zero-order valence-corrected chi connectivity index (χ0v) is 18.1. The summed E-state index contributed by atoms with van der Waals surface area (Å²) in [5, 5.41) is 3.48. The molecule has 1 aliphatic rings. The molecular formula is C21H21Cl2N3O4. The van der Waals surface area contributed by atoms with E-state index in [4.69, 9.17) is 27.9 Å². The molecule has 0 radical (unpaired) electrons. The van der Waals surface area contributed by atoms with E-state index in [0.717, 1.165) is 5.69 Å². The molecule has 30 heavy (non-hydrogen) atoms. The van der Waals surface area contributed by atoms with Gasteiger partial charge in [-0.3, -0.25) is 9.59 Å². The molecule has 0 bridgehead atoms. The second-order valence-corrected chi connectivity index (χ2v) is 7.61. The van der Waals surface area contributed by atoms with Gasteiger partial charge in [-0.1, -0.05) is 23.2 Å². The van der Waals surface area contributed by atoms with E-state index in [2.05, 4.69) is 10.2 Å². The molecule has 2 aromatic rings. The number of halogens is 2. The molecule has 3 rings (SSSR count). The maximum atomic E-state index is 12.8. The molecule has 1 aliphatic heterocycles. The Morgan fingerprint density at radius 2 is 1.60 bits per heavy atom. The standard InChI is InChI=1S/C21H21Cl2N3O4/c1-13(27)25-7-9-26(10-8-25)19-6-4-15(21(29)30-2)12-18(19)24-20(28)14-3-5-16(22)17(23)11-14/h3-6,11-12H,7-10H2,1-2H3,(H,24,28). The Labute approximate surface area is 184 Å². The summed E-state index contributed by atoms with van der Waals surface area (Å²) in [6.07, 6.45) is 0. The molecule has 0 saturated carbocycles. The van der Waals surface area contributed by atoms with Gasteiger partial charge in [0.25, 0.3) is 5.91 Å². The van der Waals surface area contributed by atoms with E-state index < -0.39 is 5.97 Å². The Kier molecular flexibility index (Phi) is 6.84. The number of anilines is 2. The van der Waals surface area contributed by atoms with Gasteiger partial charge in [0.2, 0.25) is 5.91 Å². The summed E-state index contributed by atoms with van der Waals surface area (Å²) in [5.74, 6) is -0.865. The quantitative estimate of drug-likeness (QED) is 0.719. The Morgan fingerprint density at radius 1 is 0.933 bits per heavy atom. The van der Waals surface area contributed by atoms with E-state index >= 15 is 0 Å². The van der Waals surface area contributed by atoms with Crippen molar-refractivity contribution in [3.05, 3.63) is 57.6 Å². The molecule has 0 spiro atoms. The molecule has 2 amide bonds. The van der Waals surface area contributed by atoms with Crippen molar-refractivity contribution in [3.8, 4) is 0 Å². The third-order valence-corrected chi connectivity index (χ3v) is 5.65. The number of rotatable bonds is 4. The van der Waals surface area contributed by atoms with Crippen LogP contribution in [0.15, 0.2) is 36.4 Å². The van der Waals surface area contributed by atoms with Crippen LogP contribution in [-0.4, -0.2) is 56.0 Å². The fourth-order valence-corrected chi connectivity index (χ4v) is 3.55. The average Bonchev–Trinajstić information content (AvgIpc) is 2.75. The molecular weight excluding hydrogens is 429 g/mol. The summed E-state index contributed by atoms with van der Waals surface area (Å²) < 4.78 is 4.79. The fourth-order valence-electron chi connectivity index (χ4n) is 3.25. The van der Waals surface area contributed by atoms with Crippen LogP contribution >= 0.6 is 23.2 Å². The monoisotopic (exact) mass is 449 g/mol. The van der Waals surface area contributed by atoms with Crippen LogP contribution in [0.25, 0.3) is 0 Å². The Morgan fingerprint density at radius 3 is 2.20 bits per heavy atom. The van der Waals surface area contributed by atoms with Gasteiger partial charge >= 0.3 is 5.97 Å². The first kappa shape index (κ1) is 21.9. The Bertz CT molecular complexity index is 988. The van der Waals surface area contributed by atoms with E-state index in [0.29, 0.717) is 48.0 Å². The molecule has 1 saturated heterocycles. The first-order valence-corrected chi connectivity index (χ1v) is 10.0. The van der Waals surface area contributed by atoms with Crippen LogP contribution in [0.3, 0.4) is 0 Å². The van der Waals surface area contributed by atoms with Crippen LogP contribution in [0.4, 0.5) is 11.4 Å². The third-order valence-electron chi connectivity index (χ3n) is 4.91. The van der Waals surface area contributed by atoms with Crippen LogP contribution in [-0.2, 0) is 9.53 Å². The first-order valence-electron chi connectivity index (χ1n) is 9.29. The highest BCUT2D eigenvalue weighted by Crippen LogP contribution is 2.30. The molecule has 0 unspecified atom stereocenters. The second-order valence-electron chi connectivity index (χ2n) is 6.80. The van der Waals surface area contributed by atoms with Crippen molar-refractivity contribution < 1.29 is 19.1 Å². The number of hydrogen-bond acceptors (Lipinski definition) is 5. The van der Waals surface area contributed by atoms with Gasteiger partial charge in [0.05, 0.1) is 34.1 Å². The SMILES string of the molecule is COC(=O)c1ccc(N2CCN(C(C)=O)CC2)c(NC(=O)c2ccc(Cl)c(Cl)c2)c1. The van der Waals surface area contributed by atoms with Gasteiger partial charge in [0, 0.05) is 38.7 Å². The lowest BCUT2D eigenvalue weighted by atomic mass is 10.1. The Balaban J connectivity index is 1.89. The summed E-state index contributed by atoms with van der Waals surface area (Å²) in [6.45, 7) is 3.91. The smallest absolute Gasteiger partial charge is 0.337 e. The highest BCUT2D eigenvalue weighted by Gasteiger charge is 2.22. The van der Waals surface area contributed by atoms with Gasteiger partial charge in [-0.25, -0.2) is 4.79 Å². The summed E-state index contributed by atoms with van der Waals surface area (Å²) >= 11 is 12.0. The topological polar surface area (TPSA) is 79.0 Å². The number of methoxy groups -OCH3 is 1. The average molecular weight is 450 g/mol. The van der Waals surface area contributed by atoms with E-state index in [1.54, 1.807) is 42.2 Å². The van der Waals surface area contributed by atoms with E-state index in [1.807, 2.05) is 0 Å². The molecule has 9 heteroatoms. The minimum atomic E-state index is -0.506. The van der Waals surface area contributed by atoms with E-state index in [9.17, 15) is 14.4 Å². The second kappa shape index (κ2) is 9.36. The minimum absolute atomic E-state index is 0.0313. The predicted molar refractivity (Wildman–Crippen MR) is 117 cm³/mol. The molecule has 1 fully saturated rings. The molecule has 0 atom stereocenters. The van der Waals surface area contributed by atoms with E-state index in [-0.39, 0.29) is 16.8 Å². The van der Waals surface area contributed by atoms with Gasteiger partial charge in [-0.2, -0.15) is 0 Å².